The van der Waals surface area contributed by atoms with Gasteiger partial charge in [-0.3, -0.25) is 4.79 Å². The molecule has 2 aromatic rings. The highest BCUT2D eigenvalue weighted by Gasteiger charge is 2.24. The van der Waals surface area contributed by atoms with E-state index in [9.17, 15) is 4.79 Å². The van der Waals surface area contributed by atoms with Gasteiger partial charge in [-0.15, -0.1) is 0 Å². The summed E-state index contributed by atoms with van der Waals surface area (Å²) in [5.41, 5.74) is 8.29. The van der Waals surface area contributed by atoms with E-state index in [0.29, 0.717) is 18.8 Å². The zero-order valence-electron chi connectivity index (χ0n) is 14.7. The van der Waals surface area contributed by atoms with E-state index in [1.807, 2.05) is 23.1 Å². The van der Waals surface area contributed by atoms with E-state index >= 15 is 0 Å². The third-order valence-electron chi connectivity index (χ3n) is 4.68. The molecule has 1 aliphatic rings. The third kappa shape index (κ3) is 3.54. The number of likely N-dealkylation sites (tertiary alicyclic amines) is 1. The molecule has 2 N–H and O–H groups in total. The molecule has 1 saturated heterocycles. The fraction of sp³-hybridized carbons (Fsp3) is 0.450. The second-order valence-electron chi connectivity index (χ2n) is 7.62. The van der Waals surface area contributed by atoms with Crippen LogP contribution in [0.5, 0.6) is 0 Å². The zero-order chi connectivity index (χ0) is 17.3. The average Bonchev–Trinajstić information content (AvgIpc) is 3.04. The minimum atomic E-state index is -0.0422. The fourth-order valence-electron chi connectivity index (χ4n) is 3.00. The van der Waals surface area contributed by atoms with Gasteiger partial charge in [-0.2, -0.15) is 0 Å². The Bertz CT molecular complexity index is 702. The van der Waals surface area contributed by atoms with Crippen molar-refractivity contribution in [2.45, 2.75) is 45.1 Å². The maximum atomic E-state index is 12.5. The van der Waals surface area contributed by atoms with E-state index in [-0.39, 0.29) is 17.4 Å². The van der Waals surface area contributed by atoms with Crippen LogP contribution in [0.4, 0.5) is 0 Å². The van der Waals surface area contributed by atoms with E-state index in [4.69, 9.17) is 10.2 Å². The van der Waals surface area contributed by atoms with Crippen LogP contribution in [-0.4, -0.2) is 29.9 Å². The lowest BCUT2D eigenvalue weighted by Crippen LogP contribution is -2.42. The minimum Gasteiger partial charge on any atom is -0.451 e. The molecular formula is C20H26N2O2. The lowest BCUT2D eigenvalue weighted by molar-refractivity contribution is 0.0683. The monoisotopic (exact) mass is 326 g/mol. The molecule has 1 aromatic heterocycles. The van der Waals surface area contributed by atoms with Gasteiger partial charge in [-0.05, 0) is 36.0 Å². The number of carbonyl (C=O) groups is 1. The standard InChI is InChI=1S/C20H26N2O2/c1-20(2,3)15-6-4-14(5-7-15)17-8-9-18(24-17)19(23)22-12-10-16(21)11-13-22/h4-9,16H,10-13,21H2,1-3H3. The molecule has 0 saturated carbocycles. The van der Waals surface area contributed by atoms with E-state index in [2.05, 4.69) is 32.9 Å². The first-order valence-corrected chi connectivity index (χ1v) is 8.60. The molecule has 0 radical (unpaired) electrons. The number of furan rings is 1. The van der Waals surface area contributed by atoms with Crippen LogP contribution in [0.2, 0.25) is 0 Å². The van der Waals surface area contributed by atoms with Crippen molar-refractivity contribution >= 4 is 5.91 Å². The normalized spacial score (nSPS) is 16.4. The number of benzene rings is 1. The molecule has 24 heavy (non-hydrogen) atoms. The van der Waals surface area contributed by atoms with Gasteiger partial charge >= 0.3 is 0 Å². The third-order valence-corrected chi connectivity index (χ3v) is 4.68. The molecule has 3 rings (SSSR count). The number of carbonyl (C=O) groups excluding carboxylic acids is 1. The predicted octanol–water partition coefficient (Wildman–Crippen LogP) is 3.81. The van der Waals surface area contributed by atoms with Crippen LogP contribution in [0, 0.1) is 0 Å². The first-order valence-electron chi connectivity index (χ1n) is 8.60. The number of rotatable bonds is 2. The molecule has 4 heteroatoms. The first-order chi connectivity index (χ1) is 11.3. The second kappa shape index (κ2) is 6.44. The van der Waals surface area contributed by atoms with Gasteiger partial charge in [0.05, 0.1) is 0 Å². The summed E-state index contributed by atoms with van der Waals surface area (Å²) in [6.07, 6.45) is 1.71. The Kier molecular flexibility index (Phi) is 4.50. The number of nitrogens with zero attached hydrogens (tertiary/aromatic N) is 1. The first kappa shape index (κ1) is 16.8. The number of hydrogen-bond acceptors (Lipinski definition) is 3. The lowest BCUT2D eigenvalue weighted by atomic mass is 9.86. The van der Waals surface area contributed by atoms with Crippen LogP contribution in [0.25, 0.3) is 11.3 Å². The SMILES string of the molecule is CC(C)(C)c1ccc(-c2ccc(C(=O)N3CCC(N)CC3)o2)cc1. The van der Waals surface area contributed by atoms with Crippen molar-refractivity contribution in [2.75, 3.05) is 13.1 Å². The summed E-state index contributed by atoms with van der Waals surface area (Å²) in [7, 11) is 0. The zero-order valence-corrected chi connectivity index (χ0v) is 14.7. The molecule has 1 fully saturated rings. The molecule has 128 valence electrons. The molecule has 1 aromatic carbocycles. The van der Waals surface area contributed by atoms with Gasteiger partial charge < -0.3 is 15.1 Å². The van der Waals surface area contributed by atoms with Gasteiger partial charge in [-0.25, -0.2) is 0 Å². The Morgan fingerprint density at radius 3 is 2.29 bits per heavy atom. The average molecular weight is 326 g/mol. The Hall–Kier alpha value is -2.07. The Labute approximate surface area is 143 Å². The fourth-order valence-corrected chi connectivity index (χ4v) is 3.00. The van der Waals surface area contributed by atoms with Crippen LogP contribution >= 0.6 is 0 Å². The highest BCUT2D eigenvalue weighted by Crippen LogP contribution is 2.27. The van der Waals surface area contributed by atoms with Crippen molar-refractivity contribution < 1.29 is 9.21 Å². The van der Waals surface area contributed by atoms with Crippen LogP contribution in [-0.2, 0) is 5.41 Å². The van der Waals surface area contributed by atoms with Crippen LogP contribution in [0.3, 0.4) is 0 Å². The number of amides is 1. The predicted molar refractivity (Wildman–Crippen MR) is 96.0 cm³/mol. The summed E-state index contributed by atoms with van der Waals surface area (Å²) in [6.45, 7) is 7.98. The second-order valence-corrected chi connectivity index (χ2v) is 7.62. The van der Waals surface area contributed by atoms with Crippen LogP contribution in [0.15, 0.2) is 40.8 Å². The summed E-state index contributed by atoms with van der Waals surface area (Å²) in [4.78, 5) is 14.4. The minimum absolute atomic E-state index is 0.0422. The largest absolute Gasteiger partial charge is 0.451 e. The van der Waals surface area contributed by atoms with Gasteiger partial charge in [0.2, 0.25) is 0 Å². The highest BCUT2D eigenvalue weighted by atomic mass is 16.4. The highest BCUT2D eigenvalue weighted by molar-refractivity contribution is 5.92. The molecule has 0 unspecified atom stereocenters. The molecule has 4 nitrogen and oxygen atoms in total. The Morgan fingerprint density at radius 2 is 1.71 bits per heavy atom. The van der Waals surface area contributed by atoms with Crippen molar-refractivity contribution in [3.8, 4) is 11.3 Å². The van der Waals surface area contributed by atoms with Gasteiger partial charge in [0.15, 0.2) is 5.76 Å². The van der Waals surface area contributed by atoms with Crippen molar-refractivity contribution in [3.05, 3.63) is 47.7 Å². The van der Waals surface area contributed by atoms with Crippen molar-refractivity contribution in [3.63, 3.8) is 0 Å². The number of hydrogen-bond donors (Lipinski definition) is 1. The number of piperidine rings is 1. The molecule has 0 spiro atoms. The van der Waals surface area contributed by atoms with E-state index in [0.717, 1.165) is 24.2 Å². The summed E-state index contributed by atoms with van der Waals surface area (Å²) in [6, 6.07) is 12.2. The van der Waals surface area contributed by atoms with Crippen molar-refractivity contribution in [1.82, 2.24) is 4.90 Å². The molecule has 0 atom stereocenters. The van der Waals surface area contributed by atoms with Gasteiger partial charge in [0.1, 0.15) is 5.76 Å². The molecular weight excluding hydrogens is 300 g/mol. The summed E-state index contributed by atoms with van der Waals surface area (Å²) in [5.74, 6) is 1.09. The topological polar surface area (TPSA) is 59.5 Å². The number of nitrogens with two attached hydrogens (primary N) is 1. The summed E-state index contributed by atoms with van der Waals surface area (Å²) in [5, 5.41) is 0. The molecule has 1 aliphatic heterocycles. The Morgan fingerprint density at radius 1 is 1.08 bits per heavy atom. The summed E-state index contributed by atoms with van der Waals surface area (Å²) >= 11 is 0. The lowest BCUT2D eigenvalue weighted by Gasteiger charge is -2.29. The quantitative estimate of drug-likeness (QED) is 0.913. The van der Waals surface area contributed by atoms with Crippen LogP contribution < -0.4 is 5.73 Å². The van der Waals surface area contributed by atoms with Crippen molar-refractivity contribution in [1.29, 1.82) is 0 Å². The smallest absolute Gasteiger partial charge is 0.289 e. The Balaban J connectivity index is 1.74. The molecule has 1 amide bonds. The van der Waals surface area contributed by atoms with E-state index in [1.54, 1.807) is 6.07 Å². The van der Waals surface area contributed by atoms with Gasteiger partial charge in [-0.1, -0.05) is 45.0 Å². The molecule has 0 bridgehead atoms. The molecule has 2 heterocycles. The maximum absolute atomic E-state index is 12.5. The van der Waals surface area contributed by atoms with Gasteiger partial charge in [0, 0.05) is 24.7 Å². The molecule has 0 aliphatic carbocycles. The van der Waals surface area contributed by atoms with E-state index < -0.39 is 0 Å². The van der Waals surface area contributed by atoms with Crippen molar-refractivity contribution in [2.24, 2.45) is 5.73 Å². The van der Waals surface area contributed by atoms with E-state index in [1.165, 1.54) is 5.56 Å². The van der Waals surface area contributed by atoms with Gasteiger partial charge in [0.25, 0.3) is 5.91 Å². The summed E-state index contributed by atoms with van der Waals surface area (Å²) < 4.78 is 5.81. The van der Waals surface area contributed by atoms with Crippen LogP contribution in [0.1, 0.15) is 49.7 Å². The maximum Gasteiger partial charge on any atom is 0.289 e.